The molecule has 0 N–H and O–H groups in total. The van der Waals surface area contributed by atoms with Crippen molar-refractivity contribution in [1.29, 1.82) is 0 Å². The minimum atomic E-state index is 0.529. The van der Waals surface area contributed by atoms with E-state index in [4.69, 9.17) is 4.74 Å². The Labute approximate surface area is 80.0 Å². The molecule has 1 rings (SSSR count). The number of rotatable bonds is 3. The van der Waals surface area contributed by atoms with Crippen LogP contribution in [0.15, 0.2) is 12.1 Å². The van der Waals surface area contributed by atoms with Gasteiger partial charge in [-0.15, -0.1) is 0 Å². The van der Waals surface area contributed by atoms with Gasteiger partial charge in [0.15, 0.2) is 0 Å². The van der Waals surface area contributed by atoms with Gasteiger partial charge in [0.1, 0.15) is 0 Å². The SMILES string of the molecule is CCOc1cc(C(C)C)cc(C)n1. The van der Waals surface area contributed by atoms with Crippen LogP contribution in [0, 0.1) is 6.92 Å². The molecular weight excluding hydrogens is 162 g/mol. The predicted octanol–water partition coefficient (Wildman–Crippen LogP) is 2.91. The second-order valence-corrected chi connectivity index (χ2v) is 3.47. The summed E-state index contributed by atoms with van der Waals surface area (Å²) in [5.41, 5.74) is 2.31. The van der Waals surface area contributed by atoms with E-state index in [0.29, 0.717) is 12.5 Å². The Morgan fingerprint density at radius 2 is 2.08 bits per heavy atom. The third kappa shape index (κ3) is 2.72. The van der Waals surface area contributed by atoms with Crippen LogP contribution in [0.3, 0.4) is 0 Å². The summed E-state index contributed by atoms with van der Waals surface area (Å²) in [6, 6.07) is 4.12. The summed E-state index contributed by atoms with van der Waals surface area (Å²) in [5.74, 6) is 1.27. The summed E-state index contributed by atoms with van der Waals surface area (Å²) >= 11 is 0. The Bertz CT molecular complexity index is 281. The highest BCUT2D eigenvalue weighted by Crippen LogP contribution is 2.19. The van der Waals surface area contributed by atoms with Gasteiger partial charge in [-0.25, -0.2) is 4.98 Å². The van der Waals surface area contributed by atoms with Crippen LogP contribution >= 0.6 is 0 Å². The Morgan fingerprint density at radius 1 is 1.38 bits per heavy atom. The van der Waals surface area contributed by atoms with Crippen molar-refractivity contribution in [3.8, 4) is 5.88 Å². The van der Waals surface area contributed by atoms with Crippen molar-refractivity contribution in [2.24, 2.45) is 0 Å². The molecule has 2 heteroatoms. The maximum Gasteiger partial charge on any atom is 0.213 e. The monoisotopic (exact) mass is 179 g/mol. The zero-order chi connectivity index (χ0) is 9.84. The predicted molar refractivity (Wildman–Crippen MR) is 54.2 cm³/mol. The fraction of sp³-hybridized carbons (Fsp3) is 0.545. The van der Waals surface area contributed by atoms with Crippen LogP contribution in [0.4, 0.5) is 0 Å². The van der Waals surface area contributed by atoms with Gasteiger partial charge in [-0.2, -0.15) is 0 Å². The van der Waals surface area contributed by atoms with E-state index < -0.39 is 0 Å². The minimum Gasteiger partial charge on any atom is -0.478 e. The zero-order valence-electron chi connectivity index (χ0n) is 8.79. The second kappa shape index (κ2) is 4.26. The third-order valence-corrected chi connectivity index (χ3v) is 1.91. The van der Waals surface area contributed by atoms with E-state index in [1.807, 2.05) is 19.9 Å². The molecule has 1 aromatic heterocycles. The van der Waals surface area contributed by atoms with Crippen molar-refractivity contribution in [1.82, 2.24) is 4.98 Å². The standard InChI is InChI=1S/C11H17NO/c1-5-13-11-7-10(8(2)3)6-9(4)12-11/h6-8H,5H2,1-4H3. The smallest absolute Gasteiger partial charge is 0.213 e. The first-order chi connectivity index (χ1) is 6.13. The molecule has 0 unspecified atom stereocenters. The third-order valence-electron chi connectivity index (χ3n) is 1.91. The molecule has 0 saturated heterocycles. The summed E-state index contributed by atoms with van der Waals surface area (Å²) in [4.78, 5) is 4.28. The van der Waals surface area contributed by atoms with E-state index in [9.17, 15) is 0 Å². The summed E-state index contributed by atoms with van der Waals surface area (Å²) in [6.45, 7) is 8.98. The van der Waals surface area contributed by atoms with Crippen LogP contribution in [0.5, 0.6) is 5.88 Å². The number of ether oxygens (including phenoxy) is 1. The molecule has 0 aliphatic carbocycles. The number of pyridine rings is 1. The van der Waals surface area contributed by atoms with E-state index in [-0.39, 0.29) is 0 Å². The molecule has 1 heterocycles. The van der Waals surface area contributed by atoms with Crippen LogP contribution in [0.25, 0.3) is 0 Å². The lowest BCUT2D eigenvalue weighted by molar-refractivity contribution is 0.325. The van der Waals surface area contributed by atoms with Gasteiger partial charge in [0.25, 0.3) is 0 Å². The number of hydrogen-bond acceptors (Lipinski definition) is 2. The quantitative estimate of drug-likeness (QED) is 0.711. The Balaban J connectivity index is 2.96. The molecule has 0 aliphatic heterocycles. The summed E-state index contributed by atoms with van der Waals surface area (Å²) in [6.07, 6.45) is 0. The highest BCUT2D eigenvalue weighted by atomic mass is 16.5. The molecule has 0 fully saturated rings. The lowest BCUT2D eigenvalue weighted by Crippen LogP contribution is -1.98. The molecule has 0 aliphatic rings. The van der Waals surface area contributed by atoms with Crippen LogP contribution in [0.1, 0.15) is 37.9 Å². The average molecular weight is 179 g/mol. The first-order valence-electron chi connectivity index (χ1n) is 4.75. The fourth-order valence-electron chi connectivity index (χ4n) is 1.22. The average Bonchev–Trinajstić information content (AvgIpc) is 2.03. The topological polar surface area (TPSA) is 22.1 Å². The van der Waals surface area contributed by atoms with Gasteiger partial charge < -0.3 is 4.74 Å². The van der Waals surface area contributed by atoms with Gasteiger partial charge in [-0.05, 0) is 31.4 Å². The van der Waals surface area contributed by atoms with Crippen molar-refractivity contribution in [2.75, 3.05) is 6.61 Å². The number of aryl methyl sites for hydroxylation is 1. The van der Waals surface area contributed by atoms with E-state index in [1.165, 1.54) is 5.56 Å². The minimum absolute atomic E-state index is 0.529. The highest BCUT2D eigenvalue weighted by Gasteiger charge is 2.03. The Hall–Kier alpha value is -1.05. The fourth-order valence-corrected chi connectivity index (χ4v) is 1.22. The molecule has 1 aromatic rings. The molecule has 0 amide bonds. The van der Waals surface area contributed by atoms with Crippen molar-refractivity contribution in [3.05, 3.63) is 23.4 Å². The maximum absolute atomic E-state index is 5.37. The first-order valence-corrected chi connectivity index (χ1v) is 4.75. The van der Waals surface area contributed by atoms with Gasteiger partial charge in [-0.3, -0.25) is 0 Å². The van der Waals surface area contributed by atoms with Crippen LogP contribution in [0.2, 0.25) is 0 Å². The molecule has 72 valence electrons. The Morgan fingerprint density at radius 3 is 2.62 bits per heavy atom. The second-order valence-electron chi connectivity index (χ2n) is 3.47. The van der Waals surface area contributed by atoms with Crippen molar-refractivity contribution in [2.45, 2.75) is 33.6 Å². The van der Waals surface area contributed by atoms with Crippen molar-refractivity contribution in [3.63, 3.8) is 0 Å². The lowest BCUT2D eigenvalue weighted by Gasteiger charge is -2.09. The number of nitrogens with zero attached hydrogens (tertiary/aromatic N) is 1. The molecule has 0 aromatic carbocycles. The molecule has 2 nitrogen and oxygen atoms in total. The molecule has 13 heavy (non-hydrogen) atoms. The largest absolute Gasteiger partial charge is 0.478 e. The molecule has 0 spiro atoms. The maximum atomic E-state index is 5.37. The number of hydrogen-bond donors (Lipinski definition) is 0. The van der Waals surface area contributed by atoms with Crippen molar-refractivity contribution >= 4 is 0 Å². The molecule has 0 radical (unpaired) electrons. The summed E-state index contributed by atoms with van der Waals surface area (Å²) < 4.78 is 5.37. The molecule has 0 saturated carbocycles. The van der Waals surface area contributed by atoms with Gasteiger partial charge in [0.2, 0.25) is 5.88 Å². The van der Waals surface area contributed by atoms with Crippen molar-refractivity contribution < 1.29 is 4.74 Å². The van der Waals surface area contributed by atoms with E-state index >= 15 is 0 Å². The first kappa shape index (κ1) is 10.0. The van der Waals surface area contributed by atoms with Crippen LogP contribution in [-0.2, 0) is 0 Å². The van der Waals surface area contributed by atoms with Gasteiger partial charge in [0.05, 0.1) is 6.61 Å². The summed E-state index contributed by atoms with van der Waals surface area (Å²) in [7, 11) is 0. The molecule has 0 bridgehead atoms. The summed E-state index contributed by atoms with van der Waals surface area (Å²) in [5, 5.41) is 0. The zero-order valence-corrected chi connectivity index (χ0v) is 8.79. The lowest BCUT2D eigenvalue weighted by atomic mass is 10.0. The van der Waals surface area contributed by atoms with Gasteiger partial charge in [0, 0.05) is 11.8 Å². The van der Waals surface area contributed by atoms with E-state index in [0.717, 1.165) is 11.6 Å². The highest BCUT2D eigenvalue weighted by molar-refractivity contribution is 5.26. The van der Waals surface area contributed by atoms with E-state index in [1.54, 1.807) is 0 Å². The number of aromatic nitrogens is 1. The molecular formula is C11H17NO. The molecule has 0 atom stereocenters. The van der Waals surface area contributed by atoms with Gasteiger partial charge in [-0.1, -0.05) is 13.8 Å². The van der Waals surface area contributed by atoms with Crippen LogP contribution in [-0.4, -0.2) is 11.6 Å². The van der Waals surface area contributed by atoms with Crippen LogP contribution < -0.4 is 4.74 Å². The van der Waals surface area contributed by atoms with Gasteiger partial charge >= 0.3 is 0 Å². The Kier molecular flexibility index (Phi) is 3.29. The normalized spacial score (nSPS) is 10.5. The van der Waals surface area contributed by atoms with E-state index in [2.05, 4.69) is 24.9 Å².